The summed E-state index contributed by atoms with van der Waals surface area (Å²) >= 11 is 0. The minimum atomic E-state index is -4.09. The van der Waals surface area contributed by atoms with E-state index in [-0.39, 0.29) is 33.6 Å². The first-order valence-corrected chi connectivity index (χ1v) is 13.0. The highest BCUT2D eigenvalue weighted by atomic mass is 32.2. The molecule has 0 aliphatic carbocycles. The lowest BCUT2D eigenvalue weighted by atomic mass is 9.87. The molecular formula is C25H30N4O6S. The number of rotatable bonds is 7. The number of para-hydroxylation sites is 2. The van der Waals surface area contributed by atoms with Crippen LogP contribution in [0, 0.1) is 0 Å². The molecule has 3 aromatic rings. The normalized spacial score (nSPS) is 14.4. The molecule has 2 aromatic carbocycles. The smallest absolute Gasteiger partial charge is 0.297 e. The van der Waals surface area contributed by atoms with E-state index >= 15 is 0 Å². The second-order valence-electron chi connectivity index (χ2n) is 9.30. The van der Waals surface area contributed by atoms with Gasteiger partial charge in [-0.1, -0.05) is 45.0 Å². The van der Waals surface area contributed by atoms with Crippen LogP contribution >= 0.6 is 0 Å². The van der Waals surface area contributed by atoms with Crippen LogP contribution in [0.4, 0.5) is 11.8 Å². The first-order valence-electron chi connectivity index (χ1n) is 11.5. The van der Waals surface area contributed by atoms with Crippen molar-refractivity contribution in [2.24, 2.45) is 0 Å². The molecule has 0 unspecified atom stereocenters. The Morgan fingerprint density at radius 2 is 1.67 bits per heavy atom. The minimum Gasteiger partial charge on any atom is -0.493 e. The Bertz CT molecular complexity index is 1370. The first-order chi connectivity index (χ1) is 17.1. The van der Waals surface area contributed by atoms with Gasteiger partial charge in [-0.2, -0.15) is 4.98 Å². The molecule has 1 aliphatic heterocycles. The van der Waals surface area contributed by atoms with E-state index in [2.05, 4.69) is 14.7 Å². The van der Waals surface area contributed by atoms with Gasteiger partial charge in [0.25, 0.3) is 15.6 Å². The zero-order chi connectivity index (χ0) is 25.9. The standard InChI is InChI=1S/C25H30N4O6S/c1-25(2,3)17-9-11-18(12-10-17)36(31,32)28-22-21(35-20-8-6-5-7-19(20)33-4)23(30)27-24(26-22)29-13-15-34-16-14-29/h5-12H,13-16H2,1-4H3,(H2,26,27,28,30). The molecule has 0 atom stereocenters. The summed E-state index contributed by atoms with van der Waals surface area (Å²) in [5.74, 6) is 0.302. The molecule has 192 valence electrons. The number of sulfonamides is 1. The number of nitrogens with one attached hydrogen (secondary N) is 2. The van der Waals surface area contributed by atoms with Crippen molar-refractivity contribution in [3.05, 3.63) is 64.4 Å². The third-order valence-electron chi connectivity index (χ3n) is 5.72. The SMILES string of the molecule is COc1ccccc1Oc1c(NS(=O)(=O)c2ccc(C(C)(C)C)cc2)nc(N2CCOCC2)[nH]c1=O. The number of methoxy groups -OCH3 is 1. The van der Waals surface area contributed by atoms with Crippen molar-refractivity contribution < 1.29 is 22.6 Å². The quantitative estimate of drug-likeness (QED) is 0.491. The van der Waals surface area contributed by atoms with E-state index in [1.54, 1.807) is 36.4 Å². The van der Waals surface area contributed by atoms with E-state index in [0.29, 0.717) is 32.1 Å². The van der Waals surface area contributed by atoms with Crippen LogP contribution in [0.1, 0.15) is 26.3 Å². The lowest BCUT2D eigenvalue weighted by Crippen LogP contribution is -2.38. The van der Waals surface area contributed by atoms with Crippen molar-refractivity contribution in [1.29, 1.82) is 0 Å². The molecule has 0 saturated carbocycles. The third-order valence-corrected chi connectivity index (χ3v) is 7.07. The maximum atomic E-state index is 13.3. The van der Waals surface area contributed by atoms with Gasteiger partial charge >= 0.3 is 0 Å². The number of aromatic nitrogens is 2. The van der Waals surface area contributed by atoms with Crippen molar-refractivity contribution in [1.82, 2.24) is 9.97 Å². The van der Waals surface area contributed by atoms with E-state index < -0.39 is 15.6 Å². The maximum Gasteiger partial charge on any atom is 0.297 e. The van der Waals surface area contributed by atoms with Crippen LogP contribution in [0.5, 0.6) is 17.2 Å². The Morgan fingerprint density at radius 1 is 1.03 bits per heavy atom. The van der Waals surface area contributed by atoms with Gasteiger partial charge in [-0.15, -0.1) is 0 Å². The van der Waals surface area contributed by atoms with Crippen LogP contribution < -0.4 is 24.7 Å². The van der Waals surface area contributed by atoms with Gasteiger partial charge in [0.1, 0.15) is 0 Å². The topological polar surface area (TPSA) is 123 Å². The number of aromatic amines is 1. The van der Waals surface area contributed by atoms with Crippen LogP contribution in [0.15, 0.2) is 58.2 Å². The molecule has 11 heteroatoms. The molecule has 0 bridgehead atoms. The predicted octanol–water partition coefficient (Wildman–Crippen LogP) is 3.51. The number of anilines is 2. The molecule has 1 fully saturated rings. The summed E-state index contributed by atoms with van der Waals surface area (Å²) in [6.07, 6.45) is 0. The molecule has 2 N–H and O–H groups in total. The fourth-order valence-corrected chi connectivity index (χ4v) is 4.68. The second-order valence-corrected chi connectivity index (χ2v) is 11.0. The van der Waals surface area contributed by atoms with Crippen LogP contribution in [-0.4, -0.2) is 51.8 Å². The summed E-state index contributed by atoms with van der Waals surface area (Å²) in [6.45, 7) is 8.05. The minimum absolute atomic E-state index is 0.0359. The molecule has 0 spiro atoms. The Kier molecular flexibility index (Phi) is 7.23. The number of ether oxygens (including phenoxy) is 3. The van der Waals surface area contributed by atoms with E-state index in [9.17, 15) is 13.2 Å². The molecule has 1 aromatic heterocycles. The van der Waals surface area contributed by atoms with Gasteiger partial charge in [0, 0.05) is 13.1 Å². The molecule has 1 saturated heterocycles. The van der Waals surface area contributed by atoms with Gasteiger partial charge in [0.15, 0.2) is 17.3 Å². The zero-order valence-electron chi connectivity index (χ0n) is 20.7. The molecule has 10 nitrogen and oxygen atoms in total. The van der Waals surface area contributed by atoms with Gasteiger partial charge in [0.05, 0.1) is 25.2 Å². The van der Waals surface area contributed by atoms with E-state index in [1.807, 2.05) is 25.7 Å². The molecule has 2 heterocycles. The van der Waals surface area contributed by atoms with Crippen molar-refractivity contribution in [3.63, 3.8) is 0 Å². The average Bonchev–Trinajstić information content (AvgIpc) is 2.86. The molecule has 0 radical (unpaired) electrons. The van der Waals surface area contributed by atoms with Crippen LogP contribution in [0.25, 0.3) is 0 Å². The summed E-state index contributed by atoms with van der Waals surface area (Å²) in [6, 6.07) is 13.3. The van der Waals surface area contributed by atoms with Crippen LogP contribution in [0.3, 0.4) is 0 Å². The molecular weight excluding hydrogens is 484 g/mol. The molecule has 4 rings (SSSR count). The largest absolute Gasteiger partial charge is 0.493 e. The fourth-order valence-electron chi connectivity index (χ4n) is 3.67. The molecule has 0 amide bonds. The van der Waals surface area contributed by atoms with E-state index in [0.717, 1.165) is 5.56 Å². The predicted molar refractivity (Wildman–Crippen MR) is 137 cm³/mol. The zero-order valence-corrected chi connectivity index (χ0v) is 21.5. The maximum absolute atomic E-state index is 13.3. The summed E-state index contributed by atoms with van der Waals surface area (Å²) in [5.41, 5.74) is 0.219. The Labute approximate surface area is 210 Å². The van der Waals surface area contributed by atoms with E-state index in [1.165, 1.54) is 19.2 Å². The summed E-state index contributed by atoms with van der Waals surface area (Å²) in [4.78, 5) is 22.1. The fraction of sp³-hybridized carbons (Fsp3) is 0.360. The van der Waals surface area contributed by atoms with Crippen molar-refractivity contribution >= 4 is 21.8 Å². The van der Waals surface area contributed by atoms with Gasteiger partial charge in [-0.25, -0.2) is 8.42 Å². The van der Waals surface area contributed by atoms with Crippen LogP contribution in [0.2, 0.25) is 0 Å². The van der Waals surface area contributed by atoms with E-state index in [4.69, 9.17) is 14.2 Å². The molecule has 1 aliphatic rings. The lowest BCUT2D eigenvalue weighted by Gasteiger charge is -2.27. The number of morpholine rings is 1. The Morgan fingerprint density at radius 3 is 2.28 bits per heavy atom. The molecule has 36 heavy (non-hydrogen) atoms. The van der Waals surface area contributed by atoms with Gasteiger partial charge < -0.3 is 19.1 Å². The highest BCUT2D eigenvalue weighted by Gasteiger charge is 2.25. The van der Waals surface area contributed by atoms with Gasteiger partial charge in [0.2, 0.25) is 11.7 Å². The Hall–Kier alpha value is -3.57. The summed E-state index contributed by atoms with van der Waals surface area (Å²) < 4.78 is 45.6. The number of hydrogen-bond donors (Lipinski definition) is 2. The summed E-state index contributed by atoms with van der Waals surface area (Å²) in [5, 5.41) is 0. The Balaban J connectivity index is 1.75. The van der Waals surface area contributed by atoms with Crippen LogP contribution in [-0.2, 0) is 20.2 Å². The van der Waals surface area contributed by atoms with Gasteiger partial charge in [-0.05, 0) is 35.2 Å². The average molecular weight is 515 g/mol. The number of hydrogen-bond acceptors (Lipinski definition) is 8. The van der Waals surface area contributed by atoms with Crippen molar-refractivity contribution in [3.8, 4) is 17.2 Å². The number of benzene rings is 2. The van der Waals surface area contributed by atoms with Crippen molar-refractivity contribution in [2.75, 3.05) is 43.0 Å². The first kappa shape index (κ1) is 25.5. The monoisotopic (exact) mass is 514 g/mol. The van der Waals surface area contributed by atoms with Crippen molar-refractivity contribution in [2.45, 2.75) is 31.1 Å². The highest BCUT2D eigenvalue weighted by Crippen LogP contribution is 2.33. The number of H-pyrrole nitrogens is 1. The second kappa shape index (κ2) is 10.2. The number of nitrogens with zero attached hydrogens (tertiary/aromatic N) is 2. The van der Waals surface area contributed by atoms with Gasteiger partial charge in [-0.3, -0.25) is 14.5 Å². The lowest BCUT2D eigenvalue weighted by molar-refractivity contribution is 0.122. The summed E-state index contributed by atoms with van der Waals surface area (Å²) in [7, 11) is -2.62. The third kappa shape index (κ3) is 5.63. The highest BCUT2D eigenvalue weighted by molar-refractivity contribution is 7.92.